The summed E-state index contributed by atoms with van der Waals surface area (Å²) in [7, 11) is -3.77. The zero-order valence-corrected chi connectivity index (χ0v) is 22.3. The third-order valence-electron chi connectivity index (χ3n) is 6.26. The number of carbonyl (C=O) groups is 1. The number of hydrogen-bond donors (Lipinski definition) is 3. The maximum absolute atomic E-state index is 13.3. The largest absolute Gasteiger partial charge is 0.478 e. The van der Waals surface area contributed by atoms with Gasteiger partial charge in [0.2, 0.25) is 9.84 Å². The van der Waals surface area contributed by atoms with Crippen LogP contribution < -0.4 is 5.32 Å². The summed E-state index contributed by atoms with van der Waals surface area (Å²) >= 11 is 6.00. The minimum Gasteiger partial charge on any atom is -0.478 e. The highest BCUT2D eigenvalue weighted by atomic mass is 35.5. The van der Waals surface area contributed by atoms with E-state index >= 15 is 0 Å². The summed E-state index contributed by atoms with van der Waals surface area (Å²) < 4.78 is 26.6. The first-order valence-corrected chi connectivity index (χ1v) is 13.9. The molecule has 0 aliphatic rings. The minimum atomic E-state index is -3.77. The highest BCUT2D eigenvalue weighted by Crippen LogP contribution is 2.27. The second-order valence-electron chi connectivity index (χ2n) is 9.15. The number of hydrogen-bond acceptors (Lipinski definition) is 5. The topological polar surface area (TPSA) is 104 Å². The van der Waals surface area contributed by atoms with Crippen LogP contribution in [0.5, 0.6) is 0 Å². The van der Waals surface area contributed by atoms with Gasteiger partial charge in [-0.2, -0.15) is 0 Å². The zero-order valence-electron chi connectivity index (χ0n) is 20.7. The summed E-state index contributed by atoms with van der Waals surface area (Å²) in [5.41, 5.74) is 3.07. The normalized spacial score (nSPS) is 13.1. The number of rotatable bonds is 10. The molecule has 0 fully saturated rings. The van der Waals surface area contributed by atoms with Crippen molar-refractivity contribution in [1.82, 2.24) is 5.32 Å². The molecule has 0 radical (unpaired) electrons. The maximum Gasteiger partial charge on any atom is 0.335 e. The molecule has 0 heterocycles. The molecule has 0 amide bonds. The van der Waals surface area contributed by atoms with Crippen LogP contribution in [0.4, 0.5) is 0 Å². The number of carboxylic acids is 1. The Bertz CT molecular complexity index is 1540. The number of aliphatic hydroxyl groups excluding tert-OH is 1. The van der Waals surface area contributed by atoms with Gasteiger partial charge < -0.3 is 15.5 Å². The SMILES string of the molecule is C[C@H](Cc1ccc(S(=O)(=O)c2cccc(-c3cccc(C(=O)O)c3)c2)cc1)NC[C@H](O)c1cccc(Cl)c1. The first-order valence-electron chi connectivity index (χ1n) is 12.1. The highest BCUT2D eigenvalue weighted by Gasteiger charge is 2.19. The van der Waals surface area contributed by atoms with E-state index in [0.29, 0.717) is 29.1 Å². The minimum absolute atomic E-state index is 0.0459. The molecule has 0 unspecified atom stereocenters. The maximum atomic E-state index is 13.3. The summed E-state index contributed by atoms with van der Waals surface area (Å²) in [5.74, 6) is -1.04. The van der Waals surface area contributed by atoms with Crippen LogP contribution in [-0.4, -0.2) is 37.2 Å². The Balaban J connectivity index is 1.43. The molecular formula is C30H28ClNO5S. The number of aromatic carboxylic acids is 1. The fourth-order valence-corrected chi connectivity index (χ4v) is 5.69. The van der Waals surface area contributed by atoms with Crippen LogP contribution >= 0.6 is 11.6 Å². The van der Waals surface area contributed by atoms with Gasteiger partial charge in [-0.15, -0.1) is 0 Å². The zero-order chi connectivity index (χ0) is 27.3. The second-order valence-corrected chi connectivity index (χ2v) is 11.5. The third kappa shape index (κ3) is 6.68. The van der Waals surface area contributed by atoms with Gasteiger partial charge in [0, 0.05) is 17.6 Å². The third-order valence-corrected chi connectivity index (χ3v) is 8.26. The van der Waals surface area contributed by atoms with Gasteiger partial charge in [0.05, 0.1) is 21.5 Å². The molecule has 6 nitrogen and oxygen atoms in total. The van der Waals surface area contributed by atoms with Crippen molar-refractivity contribution in [3.05, 3.63) is 119 Å². The molecule has 0 spiro atoms. The van der Waals surface area contributed by atoms with Crippen LogP contribution in [0.15, 0.2) is 107 Å². The quantitative estimate of drug-likeness (QED) is 0.231. The van der Waals surface area contributed by atoms with Gasteiger partial charge in [-0.05, 0) is 84.1 Å². The van der Waals surface area contributed by atoms with Crippen molar-refractivity contribution in [1.29, 1.82) is 0 Å². The predicted molar refractivity (Wildman–Crippen MR) is 148 cm³/mol. The standard InChI is InChI=1S/C30H28ClNO5S/c1-20(32-19-29(33)24-7-3-9-26(31)17-24)15-21-11-13-27(14-12-21)38(36,37)28-10-4-6-23(18-28)22-5-2-8-25(16-22)30(34)35/h2-14,16-18,20,29,32-33H,15,19H2,1H3,(H,34,35)/t20-,29+/m1/s1. The van der Waals surface area contributed by atoms with E-state index in [9.17, 15) is 23.4 Å². The van der Waals surface area contributed by atoms with Crippen LogP contribution in [-0.2, 0) is 16.3 Å². The molecule has 4 aromatic rings. The summed E-state index contributed by atoms with van der Waals surface area (Å²) in [4.78, 5) is 11.6. The number of aliphatic hydroxyl groups is 1. The van der Waals surface area contributed by atoms with Crippen molar-refractivity contribution < 1.29 is 23.4 Å². The average molecular weight is 550 g/mol. The lowest BCUT2D eigenvalue weighted by Gasteiger charge is -2.18. The van der Waals surface area contributed by atoms with Crippen LogP contribution in [0.1, 0.15) is 34.5 Å². The summed E-state index contributed by atoms with van der Waals surface area (Å²) in [6, 6.07) is 26.8. The molecular weight excluding hydrogens is 522 g/mol. The van der Waals surface area contributed by atoms with E-state index in [4.69, 9.17) is 11.6 Å². The molecule has 38 heavy (non-hydrogen) atoms. The molecule has 0 saturated carbocycles. The number of halogens is 1. The van der Waals surface area contributed by atoms with Gasteiger partial charge in [0.1, 0.15) is 0 Å². The van der Waals surface area contributed by atoms with E-state index < -0.39 is 21.9 Å². The fraction of sp³-hybridized carbons (Fsp3) is 0.167. The molecule has 3 N–H and O–H groups in total. The Morgan fingerprint density at radius 3 is 2.21 bits per heavy atom. The summed E-state index contributed by atoms with van der Waals surface area (Å²) in [6.45, 7) is 2.36. The smallest absolute Gasteiger partial charge is 0.335 e. The van der Waals surface area contributed by atoms with Gasteiger partial charge in [-0.1, -0.05) is 60.1 Å². The van der Waals surface area contributed by atoms with Gasteiger partial charge >= 0.3 is 5.97 Å². The lowest BCUT2D eigenvalue weighted by molar-refractivity contribution is 0.0697. The molecule has 0 saturated heterocycles. The molecule has 4 aromatic carbocycles. The molecule has 0 aliphatic heterocycles. The van der Waals surface area contributed by atoms with Crippen LogP contribution in [0, 0.1) is 0 Å². The molecule has 4 rings (SSSR count). The monoisotopic (exact) mass is 549 g/mol. The number of nitrogens with one attached hydrogen (secondary N) is 1. The van der Waals surface area contributed by atoms with Gasteiger partial charge in [-0.3, -0.25) is 0 Å². The van der Waals surface area contributed by atoms with Crippen molar-refractivity contribution in [3.8, 4) is 11.1 Å². The average Bonchev–Trinajstić information content (AvgIpc) is 2.92. The second kappa shape index (κ2) is 11.9. The Hall–Kier alpha value is -3.49. The van der Waals surface area contributed by atoms with E-state index in [0.717, 1.165) is 11.1 Å². The molecule has 0 aromatic heterocycles. The van der Waals surface area contributed by atoms with Crippen molar-refractivity contribution in [2.24, 2.45) is 0 Å². The Labute approximate surface area is 227 Å². The van der Waals surface area contributed by atoms with Gasteiger partial charge in [0.25, 0.3) is 0 Å². The van der Waals surface area contributed by atoms with E-state index in [2.05, 4.69) is 5.32 Å². The van der Waals surface area contributed by atoms with E-state index in [1.165, 1.54) is 18.2 Å². The molecule has 0 bridgehead atoms. The van der Waals surface area contributed by atoms with Gasteiger partial charge in [0.15, 0.2) is 0 Å². The Kier molecular flexibility index (Phi) is 8.64. The lowest BCUT2D eigenvalue weighted by atomic mass is 10.0. The summed E-state index contributed by atoms with van der Waals surface area (Å²) in [6.07, 6.45) is -0.0381. The van der Waals surface area contributed by atoms with Crippen molar-refractivity contribution in [2.75, 3.05) is 6.54 Å². The fourth-order valence-electron chi connectivity index (χ4n) is 4.19. The van der Waals surface area contributed by atoms with Crippen molar-refractivity contribution in [3.63, 3.8) is 0 Å². The summed E-state index contributed by atoms with van der Waals surface area (Å²) in [5, 5.41) is 23.5. The van der Waals surface area contributed by atoms with Crippen molar-refractivity contribution in [2.45, 2.75) is 35.3 Å². The first-order chi connectivity index (χ1) is 18.1. The molecule has 8 heteroatoms. The van der Waals surface area contributed by atoms with Crippen LogP contribution in [0.25, 0.3) is 11.1 Å². The molecule has 196 valence electrons. The van der Waals surface area contributed by atoms with Crippen molar-refractivity contribution >= 4 is 27.4 Å². The van der Waals surface area contributed by atoms with E-state index in [1.807, 2.05) is 13.0 Å². The lowest BCUT2D eigenvalue weighted by Crippen LogP contribution is -2.32. The predicted octanol–water partition coefficient (Wildman–Crippen LogP) is 5.79. The number of carboxylic acid groups (broad SMARTS) is 1. The van der Waals surface area contributed by atoms with Crippen LogP contribution in [0.3, 0.4) is 0 Å². The van der Waals surface area contributed by atoms with Gasteiger partial charge in [-0.25, -0.2) is 13.2 Å². The Morgan fingerprint density at radius 2 is 1.53 bits per heavy atom. The first kappa shape index (κ1) is 27.5. The molecule has 0 aliphatic carbocycles. The highest BCUT2D eigenvalue weighted by molar-refractivity contribution is 7.91. The Morgan fingerprint density at radius 1 is 0.868 bits per heavy atom. The number of sulfone groups is 1. The van der Waals surface area contributed by atoms with E-state index in [1.54, 1.807) is 72.8 Å². The van der Waals surface area contributed by atoms with Crippen LogP contribution in [0.2, 0.25) is 5.02 Å². The number of benzene rings is 4. The molecule has 2 atom stereocenters. The van der Waals surface area contributed by atoms with E-state index in [-0.39, 0.29) is 21.4 Å².